The Morgan fingerprint density at radius 1 is 0.583 bits per heavy atom. The molecule has 0 spiro atoms. The third-order valence-corrected chi connectivity index (χ3v) is 11.0. The van der Waals surface area contributed by atoms with E-state index in [-0.39, 0.29) is 20.1 Å². The van der Waals surface area contributed by atoms with Gasteiger partial charge < -0.3 is 9.97 Å². The maximum Gasteiger partial charge on any atom is 0.0440 e. The summed E-state index contributed by atoms with van der Waals surface area (Å²) >= 11 is 3.77. The van der Waals surface area contributed by atoms with Crippen molar-refractivity contribution in [3.63, 3.8) is 0 Å². The van der Waals surface area contributed by atoms with Crippen molar-refractivity contribution < 1.29 is 20.1 Å². The van der Waals surface area contributed by atoms with Crippen LogP contribution >= 0.6 is 22.7 Å². The van der Waals surface area contributed by atoms with Crippen molar-refractivity contribution in [1.82, 2.24) is 9.97 Å². The summed E-state index contributed by atoms with van der Waals surface area (Å²) < 4.78 is 5.34. The topological polar surface area (TPSA) is 25.8 Å². The zero-order valence-corrected chi connectivity index (χ0v) is 30.7. The number of fused-ring (bicyclic) bond motifs is 6. The molecule has 0 unspecified atom stereocenters. The van der Waals surface area contributed by atoms with Gasteiger partial charge in [-0.25, -0.2) is 0 Å². The van der Waals surface area contributed by atoms with E-state index in [9.17, 15) is 0 Å². The molecule has 0 bridgehead atoms. The normalized spacial score (nSPS) is 11.1. The standard InChI is InChI=1S/C29H16NS2.C14H14N.Ir/c1-2-8-18(9-3-1)23-16-19(14-15-30-23)27-28-21-11-5-7-13-25(21)31-26(28)17-22-20-10-4-6-12-24(20)32-29(22)27;1-10-4-6-13(7-5-10)14-8-11(2)12(3)9-15-14;/h1-8,10-17H;4-6,8-9H,1-3H3;/q2*-1;. The van der Waals surface area contributed by atoms with Gasteiger partial charge in [0, 0.05) is 78.4 Å². The number of pyridine rings is 2. The number of aryl methyl sites for hydroxylation is 3. The Labute approximate surface area is 302 Å². The van der Waals surface area contributed by atoms with Crippen LogP contribution in [0.15, 0.2) is 128 Å². The molecule has 235 valence electrons. The maximum atomic E-state index is 4.66. The number of aromatic nitrogens is 2. The second kappa shape index (κ2) is 13.5. The molecule has 0 aliphatic heterocycles. The Balaban J connectivity index is 0.000000193. The van der Waals surface area contributed by atoms with E-state index in [2.05, 4.69) is 134 Å². The Kier molecular flexibility index (Phi) is 9.04. The van der Waals surface area contributed by atoms with Crippen molar-refractivity contribution in [2.24, 2.45) is 0 Å². The average molecular weight is 831 g/mol. The van der Waals surface area contributed by atoms with Crippen LogP contribution in [-0.4, -0.2) is 9.97 Å². The molecule has 0 saturated carbocycles. The molecule has 4 heterocycles. The predicted molar refractivity (Wildman–Crippen MR) is 202 cm³/mol. The molecule has 5 heteroatoms. The summed E-state index contributed by atoms with van der Waals surface area (Å²) in [6.45, 7) is 6.24. The minimum Gasteiger partial charge on any atom is -0.305 e. The van der Waals surface area contributed by atoms with E-state index in [4.69, 9.17) is 0 Å². The number of benzene rings is 5. The van der Waals surface area contributed by atoms with Crippen molar-refractivity contribution in [3.05, 3.63) is 156 Å². The van der Waals surface area contributed by atoms with Crippen LogP contribution in [0.1, 0.15) is 16.7 Å². The van der Waals surface area contributed by atoms with Gasteiger partial charge in [0.15, 0.2) is 0 Å². The van der Waals surface area contributed by atoms with Gasteiger partial charge in [-0.3, -0.25) is 0 Å². The van der Waals surface area contributed by atoms with E-state index in [1.807, 2.05) is 59.3 Å². The van der Waals surface area contributed by atoms with Crippen LogP contribution in [0.4, 0.5) is 0 Å². The van der Waals surface area contributed by atoms with Crippen molar-refractivity contribution in [2.75, 3.05) is 0 Å². The van der Waals surface area contributed by atoms with Crippen LogP contribution in [0, 0.1) is 32.9 Å². The van der Waals surface area contributed by atoms with Crippen LogP contribution in [-0.2, 0) is 20.1 Å². The summed E-state index contributed by atoms with van der Waals surface area (Å²) in [5, 5.41) is 5.34. The van der Waals surface area contributed by atoms with Gasteiger partial charge in [0.1, 0.15) is 0 Å². The summed E-state index contributed by atoms with van der Waals surface area (Å²) in [5.74, 6) is 0. The van der Waals surface area contributed by atoms with Crippen molar-refractivity contribution in [1.29, 1.82) is 0 Å². The molecule has 4 aromatic heterocycles. The Hall–Kier alpha value is -4.51. The third kappa shape index (κ3) is 6.00. The first-order valence-corrected chi connectivity index (χ1v) is 17.3. The molecule has 1 radical (unpaired) electrons. The van der Waals surface area contributed by atoms with Crippen LogP contribution in [0.5, 0.6) is 0 Å². The first-order chi connectivity index (χ1) is 23.0. The van der Waals surface area contributed by atoms with Crippen LogP contribution in [0.3, 0.4) is 0 Å². The van der Waals surface area contributed by atoms with E-state index in [1.54, 1.807) is 0 Å². The summed E-state index contributed by atoms with van der Waals surface area (Å²) in [5.41, 5.74) is 10.3. The molecular weight excluding hydrogens is 801 g/mol. The minimum atomic E-state index is 0. The Morgan fingerprint density at radius 3 is 2.06 bits per heavy atom. The van der Waals surface area contributed by atoms with Gasteiger partial charge in [0.2, 0.25) is 0 Å². The molecule has 48 heavy (non-hydrogen) atoms. The first-order valence-electron chi connectivity index (χ1n) is 15.6. The zero-order chi connectivity index (χ0) is 31.9. The summed E-state index contributed by atoms with van der Waals surface area (Å²) in [6.07, 6.45) is 3.84. The van der Waals surface area contributed by atoms with Gasteiger partial charge in [-0.2, -0.15) is 0 Å². The van der Waals surface area contributed by atoms with Crippen LogP contribution < -0.4 is 0 Å². The van der Waals surface area contributed by atoms with Crippen LogP contribution in [0.2, 0.25) is 0 Å². The number of rotatable bonds is 3. The number of nitrogens with zero attached hydrogens (tertiary/aromatic N) is 2. The SMILES string of the molecule is Cc1c[c-]c(-c2cc(C)c(C)cn2)cc1.[Ir].[c-]1ccccc1-c1cc(-c2c3sc4ccccc4c3cc3sc4ccccc4c23)ccn1. The fraction of sp³-hybridized carbons (Fsp3) is 0.0698. The average Bonchev–Trinajstić information content (AvgIpc) is 3.67. The summed E-state index contributed by atoms with van der Waals surface area (Å²) in [7, 11) is 0. The van der Waals surface area contributed by atoms with Crippen LogP contribution in [0.25, 0.3) is 74.0 Å². The van der Waals surface area contributed by atoms with Gasteiger partial charge in [-0.15, -0.1) is 94.0 Å². The largest absolute Gasteiger partial charge is 0.305 e. The maximum absolute atomic E-state index is 4.66. The molecule has 0 aliphatic rings. The van der Waals surface area contributed by atoms with Gasteiger partial charge in [0.05, 0.1) is 0 Å². The van der Waals surface area contributed by atoms with E-state index in [0.717, 1.165) is 22.5 Å². The van der Waals surface area contributed by atoms with Gasteiger partial charge in [-0.05, 0) is 60.6 Å². The number of hydrogen-bond acceptors (Lipinski definition) is 4. The second-order valence-corrected chi connectivity index (χ2v) is 14.0. The second-order valence-electron chi connectivity index (χ2n) is 11.8. The molecule has 0 amide bonds. The molecule has 5 aromatic carbocycles. The minimum absolute atomic E-state index is 0. The molecule has 0 N–H and O–H groups in total. The van der Waals surface area contributed by atoms with E-state index < -0.39 is 0 Å². The molecule has 2 nitrogen and oxygen atoms in total. The van der Waals surface area contributed by atoms with E-state index >= 15 is 0 Å². The smallest absolute Gasteiger partial charge is 0.0440 e. The molecule has 9 aromatic rings. The van der Waals surface area contributed by atoms with Gasteiger partial charge in [-0.1, -0.05) is 61.0 Å². The fourth-order valence-corrected chi connectivity index (χ4v) is 8.47. The molecule has 9 rings (SSSR count). The molecule has 0 atom stereocenters. The van der Waals surface area contributed by atoms with Crippen molar-refractivity contribution in [2.45, 2.75) is 20.8 Å². The predicted octanol–water partition coefficient (Wildman–Crippen LogP) is 12.4. The molecule has 0 aliphatic carbocycles. The number of hydrogen-bond donors (Lipinski definition) is 0. The van der Waals surface area contributed by atoms with Gasteiger partial charge in [0.25, 0.3) is 0 Å². The number of thiophene rings is 2. The molecule has 0 saturated heterocycles. The third-order valence-electron chi connectivity index (χ3n) is 8.66. The quantitative estimate of drug-likeness (QED) is 0.166. The van der Waals surface area contributed by atoms with Gasteiger partial charge >= 0.3 is 0 Å². The van der Waals surface area contributed by atoms with E-state index in [1.165, 1.54) is 68.2 Å². The first kappa shape index (κ1) is 32.1. The summed E-state index contributed by atoms with van der Waals surface area (Å²) in [6, 6.07) is 47.1. The monoisotopic (exact) mass is 831 g/mol. The Morgan fingerprint density at radius 2 is 1.31 bits per heavy atom. The molecular formula is C43H30IrN2S2-2. The molecule has 0 fully saturated rings. The van der Waals surface area contributed by atoms with Crippen molar-refractivity contribution in [3.8, 4) is 33.6 Å². The Bertz CT molecular complexity index is 2540. The summed E-state index contributed by atoms with van der Waals surface area (Å²) in [4.78, 5) is 9.07. The van der Waals surface area contributed by atoms with E-state index in [0.29, 0.717) is 0 Å². The zero-order valence-electron chi connectivity index (χ0n) is 26.7. The van der Waals surface area contributed by atoms with Crippen molar-refractivity contribution >= 4 is 63.0 Å². The fourth-order valence-electron chi connectivity index (χ4n) is 6.06.